The van der Waals surface area contributed by atoms with Crippen molar-refractivity contribution >= 4 is 5.97 Å². The zero-order valence-corrected chi connectivity index (χ0v) is 21.3. The van der Waals surface area contributed by atoms with E-state index in [9.17, 15) is 15.0 Å². The normalized spacial score (nSPS) is 44.5. The van der Waals surface area contributed by atoms with Crippen LogP contribution in [0, 0.1) is 18.3 Å². The number of aliphatic hydroxyl groups is 2. The zero-order valence-electron chi connectivity index (χ0n) is 21.3. The summed E-state index contributed by atoms with van der Waals surface area (Å²) in [6.07, 6.45) is -0.954. The van der Waals surface area contributed by atoms with Crippen molar-refractivity contribution in [3.8, 4) is 11.5 Å². The number of ether oxygens (including phenoxy) is 6. The van der Waals surface area contributed by atoms with Gasteiger partial charge < -0.3 is 38.6 Å². The number of methoxy groups -OCH3 is 2. The highest BCUT2D eigenvalue weighted by Gasteiger charge is 2.82. The van der Waals surface area contributed by atoms with E-state index in [0.29, 0.717) is 29.9 Å². The minimum absolute atomic E-state index is 0.182. The lowest BCUT2D eigenvalue weighted by atomic mass is 9.45. The van der Waals surface area contributed by atoms with Crippen molar-refractivity contribution in [2.75, 3.05) is 14.2 Å². The number of rotatable bonds is 2. The number of carbonyl (C=O) groups excluding carboxylic acids is 1. The molecule has 1 aliphatic carbocycles. The highest BCUT2D eigenvalue weighted by molar-refractivity contribution is 5.98. The molecule has 9 heteroatoms. The molecule has 2 N–H and O–H groups in total. The Balaban J connectivity index is 1.57. The van der Waals surface area contributed by atoms with Gasteiger partial charge in [-0.25, -0.2) is 4.79 Å². The van der Waals surface area contributed by atoms with E-state index in [1.807, 2.05) is 34.6 Å². The van der Waals surface area contributed by atoms with Gasteiger partial charge in [0.1, 0.15) is 46.6 Å². The third kappa shape index (κ3) is 2.44. The molecule has 6 rings (SSSR count). The highest BCUT2D eigenvalue weighted by Crippen LogP contribution is 2.70. The second-order valence-corrected chi connectivity index (χ2v) is 11.7. The largest absolute Gasteiger partial charge is 0.495 e. The third-order valence-corrected chi connectivity index (χ3v) is 9.70. The summed E-state index contributed by atoms with van der Waals surface area (Å²) in [5.41, 5.74) is -0.813. The van der Waals surface area contributed by atoms with Crippen molar-refractivity contribution in [1.82, 2.24) is 0 Å². The van der Waals surface area contributed by atoms with Crippen LogP contribution in [-0.2, 0) is 32.0 Å². The Labute approximate surface area is 204 Å². The van der Waals surface area contributed by atoms with Crippen LogP contribution in [0.3, 0.4) is 0 Å². The van der Waals surface area contributed by atoms with Gasteiger partial charge >= 0.3 is 11.9 Å². The predicted molar refractivity (Wildman–Crippen MR) is 121 cm³/mol. The van der Waals surface area contributed by atoms with Crippen LogP contribution in [0.1, 0.15) is 67.6 Å². The Bertz CT molecular complexity index is 1150. The number of hydrogen-bond donors (Lipinski definition) is 2. The van der Waals surface area contributed by atoms with Crippen molar-refractivity contribution in [2.45, 2.75) is 95.5 Å². The summed E-state index contributed by atoms with van der Waals surface area (Å²) in [6, 6.07) is 0. The molecule has 0 amide bonds. The summed E-state index contributed by atoms with van der Waals surface area (Å²) >= 11 is 0. The highest BCUT2D eigenvalue weighted by atomic mass is 16.9. The Morgan fingerprint density at radius 2 is 1.71 bits per heavy atom. The second-order valence-electron chi connectivity index (χ2n) is 11.7. The van der Waals surface area contributed by atoms with Gasteiger partial charge in [0.2, 0.25) is 0 Å². The van der Waals surface area contributed by atoms with Gasteiger partial charge in [0, 0.05) is 36.0 Å². The molecule has 5 aliphatic rings. The molecule has 3 fully saturated rings. The molecule has 1 saturated carbocycles. The molecule has 0 radical (unpaired) electrons. The fourth-order valence-electron chi connectivity index (χ4n) is 8.32. The number of benzene rings is 1. The summed E-state index contributed by atoms with van der Waals surface area (Å²) < 4.78 is 36.3. The Morgan fingerprint density at radius 1 is 1.00 bits per heavy atom. The predicted octanol–water partition coefficient (Wildman–Crippen LogP) is 2.38. The first-order chi connectivity index (χ1) is 16.3. The monoisotopic (exact) mass is 490 g/mol. The standard InChI is InChI=1S/C26H34O9/c1-12-14-11-32-21(29)18(14)20(30-6)13-8-15-23(4)9-17(28)26(31-7)34-22(2,3)25(23,35-26)16(27)10-24(15,5)33-19(12)13/h15-17,27-28H,8-11H2,1-7H3/t15-,16+,17+,23+,24-,25-,26+/m0/s1. The van der Waals surface area contributed by atoms with Gasteiger partial charge in [0.15, 0.2) is 0 Å². The van der Waals surface area contributed by atoms with Gasteiger partial charge in [0.05, 0.1) is 13.2 Å². The summed E-state index contributed by atoms with van der Waals surface area (Å²) in [6.45, 7) is 9.91. The van der Waals surface area contributed by atoms with Gasteiger partial charge in [-0.2, -0.15) is 0 Å². The van der Waals surface area contributed by atoms with Crippen LogP contribution in [0.5, 0.6) is 11.5 Å². The molecule has 2 saturated heterocycles. The molecule has 4 aliphatic heterocycles. The van der Waals surface area contributed by atoms with Crippen LogP contribution in [0.4, 0.5) is 0 Å². The van der Waals surface area contributed by atoms with E-state index >= 15 is 0 Å². The number of cyclic esters (lactones) is 1. The molecule has 0 aromatic heterocycles. The van der Waals surface area contributed by atoms with E-state index in [1.165, 1.54) is 7.11 Å². The number of aliphatic hydroxyl groups excluding tert-OH is 2. The van der Waals surface area contributed by atoms with Crippen LogP contribution in [-0.4, -0.2) is 65.4 Å². The average Bonchev–Trinajstić information content (AvgIpc) is 3.27. The van der Waals surface area contributed by atoms with Gasteiger partial charge in [0.25, 0.3) is 0 Å². The first-order valence-electron chi connectivity index (χ1n) is 12.2. The molecular weight excluding hydrogens is 456 g/mol. The molecule has 9 nitrogen and oxygen atoms in total. The minimum Gasteiger partial charge on any atom is -0.495 e. The third-order valence-electron chi connectivity index (χ3n) is 9.70. The van der Waals surface area contributed by atoms with Crippen molar-refractivity contribution in [3.05, 3.63) is 22.3 Å². The molecule has 1 aromatic rings. The zero-order chi connectivity index (χ0) is 25.3. The SMILES string of the molecule is COc1c2c(c(C)c3c1C(=O)OC3)O[C@@]1(C)C[C@@H](O)[C@]34O[C@](OC)(OC3(C)C)[C@H](O)C[C@]4(C)[C@@H]1C2. The van der Waals surface area contributed by atoms with E-state index in [2.05, 4.69) is 0 Å². The Hall–Kier alpha value is -1.91. The van der Waals surface area contributed by atoms with Crippen molar-refractivity contribution in [3.63, 3.8) is 0 Å². The van der Waals surface area contributed by atoms with Crippen LogP contribution < -0.4 is 9.47 Å². The molecule has 0 unspecified atom stereocenters. The molecule has 4 heterocycles. The summed E-state index contributed by atoms with van der Waals surface area (Å²) in [4.78, 5) is 12.6. The van der Waals surface area contributed by atoms with E-state index < -0.39 is 46.4 Å². The van der Waals surface area contributed by atoms with Gasteiger partial charge in [-0.05, 0) is 46.1 Å². The maximum absolute atomic E-state index is 12.6. The van der Waals surface area contributed by atoms with Gasteiger partial charge in [-0.15, -0.1) is 0 Å². The second kappa shape index (κ2) is 6.69. The maximum atomic E-state index is 12.6. The quantitative estimate of drug-likeness (QED) is 0.603. The van der Waals surface area contributed by atoms with E-state index in [1.54, 1.807) is 7.11 Å². The molecular formula is C26H34O9. The molecule has 2 bridgehead atoms. The van der Waals surface area contributed by atoms with Crippen molar-refractivity contribution in [2.24, 2.45) is 11.3 Å². The van der Waals surface area contributed by atoms with E-state index in [0.717, 1.165) is 16.7 Å². The summed E-state index contributed by atoms with van der Waals surface area (Å²) in [5.74, 6) is -1.11. The molecule has 192 valence electrons. The van der Waals surface area contributed by atoms with E-state index in [-0.39, 0.29) is 18.9 Å². The summed E-state index contributed by atoms with van der Waals surface area (Å²) in [5, 5.41) is 23.0. The maximum Gasteiger partial charge on any atom is 0.342 e. The molecule has 35 heavy (non-hydrogen) atoms. The topological polar surface area (TPSA) is 113 Å². The number of esters is 1. The van der Waals surface area contributed by atoms with Gasteiger partial charge in [-0.1, -0.05) is 6.92 Å². The lowest BCUT2D eigenvalue weighted by Gasteiger charge is -2.66. The average molecular weight is 491 g/mol. The Morgan fingerprint density at radius 3 is 2.37 bits per heavy atom. The van der Waals surface area contributed by atoms with E-state index in [4.69, 9.17) is 28.4 Å². The fourth-order valence-corrected chi connectivity index (χ4v) is 8.32. The minimum atomic E-state index is -1.65. The van der Waals surface area contributed by atoms with Crippen molar-refractivity contribution < 1.29 is 43.4 Å². The van der Waals surface area contributed by atoms with Crippen LogP contribution in [0.25, 0.3) is 0 Å². The van der Waals surface area contributed by atoms with Crippen LogP contribution >= 0.6 is 0 Å². The lowest BCUT2D eigenvalue weighted by molar-refractivity contribution is -0.423. The molecule has 7 atom stereocenters. The smallest absolute Gasteiger partial charge is 0.342 e. The Kier molecular flexibility index (Phi) is 4.49. The number of carbonyl (C=O) groups is 1. The summed E-state index contributed by atoms with van der Waals surface area (Å²) in [7, 11) is 2.99. The fraction of sp³-hybridized carbons (Fsp3) is 0.731. The van der Waals surface area contributed by atoms with Crippen LogP contribution in [0.2, 0.25) is 0 Å². The number of hydrogen-bond acceptors (Lipinski definition) is 9. The van der Waals surface area contributed by atoms with Crippen molar-refractivity contribution in [1.29, 1.82) is 0 Å². The lowest BCUT2D eigenvalue weighted by Crippen LogP contribution is -2.78. The molecule has 1 aromatic carbocycles. The van der Waals surface area contributed by atoms with Gasteiger partial charge in [-0.3, -0.25) is 0 Å². The van der Waals surface area contributed by atoms with Crippen LogP contribution in [0.15, 0.2) is 0 Å². The molecule has 1 spiro atoms. The first-order valence-corrected chi connectivity index (χ1v) is 12.2. The first kappa shape index (κ1) is 23.5. The number of fused-ring (bicyclic) bond motifs is 5.